The zero-order valence-corrected chi connectivity index (χ0v) is 11.1. The Labute approximate surface area is 112 Å². The summed E-state index contributed by atoms with van der Waals surface area (Å²) in [4.78, 5) is 24.7. The van der Waals surface area contributed by atoms with Crippen molar-refractivity contribution in [1.29, 1.82) is 5.26 Å². The molecule has 0 bridgehead atoms. The largest absolute Gasteiger partial charge is 0.359 e. The highest BCUT2D eigenvalue weighted by atomic mass is 16.2. The lowest BCUT2D eigenvalue weighted by Crippen LogP contribution is -2.34. The van der Waals surface area contributed by atoms with Crippen molar-refractivity contribution >= 4 is 11.8 Å². The van der Waals surface area contributed by atoms with Crippen molar-refractivity contribution in [3.63, 3.8) is 0 Å². The number of carbonyl (C=O) groups excluding carboxylic acids is 2. The number of carbonyl (C=O) groups is 2. The van der Waals surface area contributed by atoms with E-state index in [9.17, 15) is 9.59 Å². The topological polar surface area (TPSA) is 73.2 Å². The molecule has 0 aromatic heterocycles. The maximum Gasteiger partial charge on any atom is 0.244 e. The van der Waals surface area contributed by atoms with Crippen LogP contribution in [0.2, 0.25) is 0 Å². The molecule has 1 aromatic carbocycles. The Morgan fingerprint density at radius 3 is 2.53 bits per heavy atom. The number of amides is 2. The number of rotatable bonds is 5. The molecule has 0 saturated heterocycles. The highest BCUT2D eigenvalue weighted by molar-refractivity contribution is 5.86. The quantitative estimate of drug-likeness (QED) is 0.853. The van der Waals surface area contributed by atoms with E-state index in [0.717, 1.165) is 0 Å². The van der Waals surface area contributed by atoms with E-state index in [0.29, 0.717) is 12.1 Å². The van der Waals surface area contributed by atoms with E-state index in [1.807, 2.05) is 12.1 Å². The molecule has 0 aliphatic carbocycles. The molecule has 1 aromatic rings. The minimum Gasteiger partial charge on any atom is -0.359 e. The van der Waals surface area contributed by atoms with Crippen LogP contribution in [0.3, 0.4) is 0 Å². The van der Waals surface area contributed by atoms with Crippen molar-refractivity contribution < 1.29 is 9.59 Å². The predicted molar refractivity (Wildman–Crippen MR) is 71.1 cm³/mol. The van der Waals surface area contributed by atoms with Crippen molar-refractivity contribution in [2.75, 3.05) is 20.6 Å². The normalized spacial score (nSPS) is 11.2. The van der Waals surface area contributed by atoms with Gasteiger partial charge in [-0.05, 0) is 5.56 Å². The summed E-state index contributed by atoms with van der Waals surface area (Å²) in [5, 5.41) is 11.6. The molecule has 1 unspecified atom stereocenters. The molecule has 5 heteroatoms. The Kier molecular flexibility index (Phi) is 5.55. The van der Waals surface area contributed by atoms with E-state index in [1.165, 1.54) is 4.90 Å². The summed E-state index contributed by atoms with van der Waals surface area (Å²) in [5.74, 6) is -1.25. The number of benzene rings is 1. The van der Waals surface area contributed by atoms with Crippen LogP contribution in [0.25, 0.3) is 0 Å². The van der Waals surface area contributed by atoms with Gasteiger partial charge in [-0.1, -0.05) is 30.3 Å². The van der Waals surface area contributed by atoms with Crippen LogP contribution in [0, 0.1) is 11.3 Å². The van der Waals surface area contributed by atoms with E-state index in [1.54, 1.807) is 38.4 Å². The van der Waals surface area contributed by atoms with Crippen molar-refractivity contribution in [3.05, 3.63) is 35.9 Å². The van der Waals surface area contributed by atoms with Crippen LogP contribution in [0.4, 0.5) is 0 Å². The molecule has 1 rings (SSSR count). The second kappa shape index (κ2) is 7.17. The van der Waals surface area contributed by atoms with Crippen molar-refractivity contribution in [2.45, 2.75) is 12.3 Å². The third-order valence-electron chi connectivity index (χ3n) is 2.84. The summed E-state index contributed by atoms with van der Waals surface area (Å²) >= 11 is 0. The van der Waals surface area contributed by atoms with Crippen LogP contribution in [0.5, 0.6) is 0 Å². The number of hydrogen-bond donors (Lipinski definition) is 1. The fourth-order valence-electron chi connectivity index (χ4n) is 1.64. The molecule has 0 heterocycles. The number of hydrogen-bond acceptors (Lipinski definition) is 3. The van der Waals surface area contributed by atoms with Gasteiger partial charge in [0.05, 0.1) is 6.07 Å². The van der Waals surface area contributed by atoms with E-state index in [4.69, 9.17) is 5.26 Å². The highest BCUT2D eigenvalue weighted by Gasteiger charge is 2.23. The van der Waals surface area contributed by atoms with Crippen LogP contribution in [-0.2, 0) is 9.59 Å². The summed E-state index contributed by atoms with van der Waals surface area (Å²) in [7, 11) is 3.14. The van der Waals surface area contributed by atoms with Gasteiger partial charge < -0.3 is 10.2 Å². The maximum absolute atomic E-state index is 12.1. The van der Waals surface area contributed by atoms with E-state index in [-0.39, 0.29) is 18.2 Å². The first kappa shape index (κ1) is 14.7. The molecule has 0 radical (unpaired) electrons. The van der Waals surface area contributed by atoms with Gasteiger partial charge in [0.25, 0.3) is 0 Å². The summed E-state index contributed by atoms with van der Waals surface area (Å²) in [6, 6.07) is 10.9. The molecule has 2 amide bonds. The van der Waals surface area contributed by atoms with E-state index < -0.39 is 5.92 Å². The third-order valence-corrected chi connectivity index (χ3v) is 2.84. The summed E-state index contributed by atoms with van der Waals surface area (Å²) in [5.41, 5.74) is 0.668. The lowest BCUT2D eigenvalue weighted by molar-refractivity contribution is -0.130. The summed E-state index contributed by atoms with van der Waals surface area (Å²) in [6.07, 6.45) is 0.228. The van der Waals surface area contributed by atoms with Gasteiger partial charge in [0.15, 0.2) is 0 Å². The lowest BCUT2D eigenvalue weighted by Gasteiger charge is -2.19. The molecule has 0 saturated carbocycles. The van der Waals surface area contributed by atoms with Gasteiger partial charge in [-0.2, -0.15) is 5.26 Å². The van der Waals surface area contributed by atoms with E-state index >= 15 is 0 Å². The Hall–Kier alpha value is -2.35. The highest BCUT2D eigenvalue weighted by Crippen LogP contribution is 2.17. The Bertz CT molecular complexity index is 479. The Balaban J connectivity index is 2.69. The molecule has 0 aliphatic rings. The molecule has 0 spiro atoms. The molecule has 0 aliphatic heterocycles. The van der Waals surface area contributed by atoms with Crippen LogP contribution in [0.1, 0.15) is 17.9 Å². The molecule has 1 N–H and O–H groups in total. The first-order valence-corrected chi connectivity index (χ1v) is 6.00. The number of likely N-dealkylation sites (N-methyl/N-ethyl adjacent to an activating group) is 1. The maximum atomic E-state index is 12.1. The molecule has 19 heavy (non-hydrogen) atoms. The van der Waals surface area contributed by atoms with Crippen molar-refractivity contribution in [1.82, 2.24) is 10.2 Å². The molecule has 1 atom stereocenters. The van der Waals surface area contributed by atoms with Crippen LogP contribution in [0.15, 0.2) is 30.3 Å². The van der Waals surface area contributed by atoms with Gasteiger partial charge in [-0.25, -0.2) is 0 Å². The molecule has 100 valence electrons. The average Bonchev–Trinajstić information content (AvgIpc) is 2.46. The first-order valence-electron chi connectivity index (χ1n) is 6.00. The van der Waals surface area contributed by atoms with Gasteiger partial charge in [0, 0.05) is 27.1 Å². The predicted octanol–water partition coefficient (Wildman–Crippen LogP) is 0.888. The monoisotopic (exact) mass is 259 g/mol. The molecular formula is C14H17N3O2. The summed E-state index contributed by atoms with van der Waals surface area (Å²) < 4.78 is 0. The van der Waals surface area contributed by atoms with Crippen LogP contribution in [-0.4, -0.2) is 37.4 Å². The fourth-order valence-corrected chi connectivity index (χ4v) is 1.64. The first-order chi connectivity index (χ1) is 9.10. The van der Waals surface area contributed by atoms with Crippen molar-refractivity contribution in [3.8, 4) is 6.07 Å². The molecule has 0 fully saturated rings. The van der Waals surface area contributed by atoms with Gasteiger partial charge >= 0.3 is 0 Å². The fraction of sp³-hybridized carbons (Fsp3) is 0.357. The zero-order chi connectivity index (χ0) is 14.3. The SMILES string of the molecule is CNC(=O)CCN(C)C(=O)C(C#N)c1ccccc1. The number of nitriles is 1. The summed E-state index contributed by atoms with van der Waals surface area (Å²) in [6.45, 7) is 0.295. The van der Waals surface area contributed by atoms with Gasteiger partial charge in [-0.15, -0.1) is 0 Å². The van der Waals surface area contributed by atoms with Gasteiger partial charge in [-0.3, -0.25) is 9.59 Å². The smallest absolute Gasteiger partial charge is 0.244 e. The second-order valence-electron chi connectivity index (χ2n) is 4.16. The molecular weight excluding hydrogens is 242 g/mol. The molecule has 5 nitrogen and oxygen atoms in total. The van der Waals surface area contributed by atoms with E-state index in [2.05, 4.69) is 5.32 Å². The van der Waals surface area contributed by atoms with Gasteiger partial charge in [0.1, 0.15) is 5.92 Å². The van der Waals surface area contributed by atoms with Gasteiger partial charge in [0.2, 0.25) is 11.8 Å². The second-order valence-corrected chi connectivity index (χ2v) is 4.16. The number of nitrogens with one attached hydrogen (secondary N) is 1. The zero-order valence-electron chi connectivity index (χ0n) is 11.1. The lowest BCUT2D eigenvalue weighted by atomic mass is 9.99. The van der Waals surface area contributed by atoms with Crippen molar-refractivity contribution in [2.24, 2.45) is 0 Å². The third kappa shape index (κ3) is 4.11. The Morgan fingerprint density at radius 2 is 2.00 bits per heavy atom. The van der Waals surface area contributed by atoms with Crippen LogP contribution < -0.4 is 5.32 Å². The average molecular weight is 259 g/mol. The minimum atomic E-state index is -0.823. The Morgan fingerprint density at radius 1 is 1.37 bits per heavy atom. The van der Waals surface area contributed by atoms with Crippen LogP contribution >= 0.6 is 0 Å². The minimum absolute atomic E-state index is 0.132. The number of nitrogens with zero attached hydrogens (tertiary/aromatic N) is 2. The standard InChI is InChI=1S/C14H17N3O2/c1-16-13(18)8-9-17(2)14(19)12(10-15)11-6-4-3-5-7-11/h3-7,12H,8-9H2,1-2H3,(H,16,18).